The number of carbonyl (C=O) groups excluding carboxylic acids is 1. The summed E-state index contributed by atoms with van der Waals surface area (Å²) in [4.78, 5) is 14.7. The predicted octanol–water partition coefficient (Wildman–Crippen LogP) is 3.10. The van der Waals surface area contributed by atoms with Crippen LogP contribution in [0.2, 0.25) is 0 Å². The first-order valence-corrected chi connectivity index (χ1v) is 7.78. The van der Waals surface area contributed by atoms with E-state index in [0.29, 0.717) is 19.7 Å². The lowest BCUT2D eigenvalue weighted by atomic mass is 10.1. The number of hydrogen-bond donors (Lipinski definition) is 0. The Bertz CT molecular complexity index is 684. The summed E-state index contributed by atoms with van der Waals surface area (Å²) in [6.07, 6.45) is -0.581. The van der Waals surface area contributed by atoms with Crippen LogP contribution in [0.25, 0.3) is 0 Å². The average molecular weight is 311 g/mol. The Hall–Kier alpha value is -2.33. The fourth-order valence-electron chi connectivity index (χ4n) is 2.88. The van der Waals surface area contributed by atoms with Crippen molar-refractivity contribution in [2.45, 2.75) is 19.6 Å². The normalized spacial score (nSPS) is 15.3. The zero-order valence-corrected chi connectivity index (χ0v) is 13.5. The van der Waals surface area contributed by atoms with Crippen molar-refractivity contribution in [1.29, 1.82) is 0 Å². The number of nitrogens with zero attached hydrogens (tertiary/aromatic N) is 1. The van der Waals surface area contributed by atoms with Gasteiger partial charge in [-0.3, -0.25) is 4.79 Å². The second-order valence-corrected chi connectivity index (χ2v) is 5.75. The molecule has 4 heteroatoms. The van der Waals surface area contributed by atoms with Crippen LogP contribution in [0.1, 0.15) is 22.8 Å². The van der Waals surface area contributed by atoms with Gasteiger partial charge in [-0.05, 0) is 18.6 Å². The van der Waals surface area contributed by atoms with Crippen LogP contribution in [0.3, 0.4) is 0 Å². The first-order valence-electron chi connectivity index (χ1n) is 7.78. The molecule has 1 unspecified atom stereocenters. The Morgan fingerprint density at radius 1 is 1.22 bits per heavy atom. The molecule has 0 aromatic heterocycles. The van der Waals surface area contributed by atoms with Gasteiger partial charge in [0.25, 0.3) is 5.91 Å². The van der Waals surface area contributed by atoms with Gasteiger partial charge in [0.15, 0.2) is 6.10 Å². The highest BCUT2D eigenvalue weighted by atomic mass is 16.5. The Morgan fingerprint density at radius 2 is 2.00 bits per heavy atom. The van der Waals surface area contributed by atoms with Crippen LogP contribution in [0, 0.1) is 6.92 Å². The van der Waals surface area contributed by atoms with E-state index in [2.05, 4.69) is 6.07 Å². The van der Waals surface area contributed by atoms with Crippen molar-refractivity contribution in [2.24, 2.45) is 0 Å². The number of methoxy groups -OCH3 is 1. The van der Waals surface area contributed by atoms with E-state index in [1.54, 1.807) is 7.11 Å². The van der Waals surface area contributed by atoms with Gasteiger partial charge in [0.2, 0.25) is 0 Å². The van der Waals surface area contributed by atoms with E-state index in [4.69, 9.17) is 9.47 Å². The van der Waals surface area contributed by atoms with E-state index in [1.807, 2.05) is 54.3 Å². The Morgan fingerprint density at radius 3 is 2.74 bits per heavy atom. The number of aryl methyl sites for hydroxylation is 1. The molecule has 2 aromatic rings. The number of ether oxygens (including phenoxy) is 2. The summed E-state index contributed by atoms with van der Waals surface area (Å²) < 4.78 is 11.2. The lowest BCUT2D eigenvalue weighted by molar-refractivity contribution is -0.143. The van der Waals surface area contributed by atoms with Gasteiger partial charge in [-0.2, -0.15) is 0 Å². The minimum absolute atomic E-state index is 0.0309. The van der Waals surface area contributed by atoms with Gasteiger partial charge in [0.1, 0.15) is 12.4 Å². The van der Waals surface area contributed by atoms with Crippen molar-refractivity contribution in [3.63, 3.8) is 0 Å². The lowest BCUT2D eigenvalue weighted by Crippen LogP contribution is -2.36. The maximum Gasteiger partial charge on any atom is 0.256 e. The van der Waals surface area contributed by atoms with Gasteiger partial charge >= 0.3 is 0 Å². The molecule has 1 aliphatic heterocycles. The molecule has 0 aliphatic carbocycles. The van der Waals surface area contributed by atoms with E-state index in [-0.39, 0.29) is 5.91 Å². The van der Waals surface area contributed by atoms with Crippen molar-refractivity contribution in [1.82, 2.24) is 4.90 Å². The molecular formula is C19H21NO3. The molecule has 2 aromatic carbocycles. The fourth-order valence-corrected chi connectivity index (χ4v) is 2.88. The van der Waals surface area contributed by atoms with Crippen molar-refractivity contribution in [3.05, 3.63) is 65.2 Å². The molecule has 120 valence electrons. The van der Waals surface area contributed by atoms with E-state index < -0.39 is 6.10 Å². The number of carbonyl (C=O) groups is 1. The summed E-state index contributed by atoms with van der Waals surface area (Å²) in [5.41, 5.74) is 3.07. The van der Waals surface area contributed by atoms with Crippen molar-refractivity contribution >= 4 is 5.91 Å². The van der Waals surface area contributed by atoms with Gasteiger partial charge in [0.05, 0.1) is 6.54 Å². The molecule has 4 nitrogen and oxygen atoms in total. The summed E-state index contributed by atoms with van der Waals surface area (Å²) in [5, 5.41) is 0. The molecule has 1 heterocycles. The highest BCUT2D eigenvalue weighted by molar-refractivity contribution is 5.82. The first kappa shape index (κ1) is 15.6. The molecule has 1 aliphatic rings. The summed E-state index contributed by atoms with van der Waals surface area (Å²) in [6.45, 7) is 3.63. The van der Waals surface area contributed by atoms with Crippen LogP contribution in [-0.2, 0) is 16.1 Å². The quantitative estimate of drug-likeness (QED) is 0.874. The summed E-state index contributed by atoms with van der Waals surface area (Å²) in [6, 6.07) is 15.7. The van der Waals surface area contributed by atoms with Crippen LogP contribution in [0.15, 0.2) is 48.5 Å². The first-order chi connectivity index (χ1) is 11.2. The Balaban J connectivity index is 1.84. The molecule has 1 amide bonds. The largest absolute Gasteiger partial charge is 0.491 e. The second-order valence-electron chi connectivity index (χ2n) is 5.75. The highest BCUT2D eigenvalue weighted by Gasteiger charge is 2.27. The maximum absolute atomic E-state index is 12.9. The molecule has 0 radical (unpaired) electrons. The third-order valence-electron chi connectivity index (χ3n) is 4.07. The van der Waals surface area contributed by atoms with E-state index in [9.17, 15) is 4.79 Å². The Labute approximate surface area is 136 Å². The molecular weight excluding hydrogens is 290 g/mol. The average Bonchev–Trinajstić information content (AvgIpc) is 2.78. The van der Waals surface area contributed by atoms with Crippen LogP contribution >= 0.6 is 0 Å². The second kappa shape index (κ2) is 6.84. The number of rotatable bonds is 3. The Kier molecular flexibility index (Phi) is 4.63. The third-order valence-corrected chi connectivity index (χ3v) is 4.07. The number of fused-ring (bicyclic) bond motifs is 1. The standard InChI is InChI=1S/C19H21NO3/c1-14-8-9-17-16(12-14)13-20(10-11-23-17)19(21)18(22-2)15-6-4-3-5-7-15/h3-9,12,18H,10-11,13H2,1-2H3. The molecule has 0 saturated carbocycles. The zero-order valence-electron chi connectivity index (χ0n) is 13.5. The number of hydrogen-bond acceptors (Lipinski definition) is 3. The molecule has 0 N–H and O–H groups in total. The summed E-state index contributed by atoms with van der Waals surface area (Å²) >= 11 is 0. The van der Waals surface area contributed by atoms with Gasteiger partial charge in [-0.15, -0.1) is 0 Å². The van der Waals surface area contributed by atoms with Gasteiger partial charge in [-0.25, -0.2) is 0 Å². The van der Waals surface area contributed by atoms with Crippen molar-refractivity contribution < 1.29 is 14.3 Å². The summed E-state index contributed by atoms with van der Waals surface area (Å²) in [5.74, 6) is 0.830. The van der Waals surface area contributed by atoms with E-state index in [0.717, 1.165) is 22.4 Å². The fraction of sp³-hybridized carbons (Fsp3) is 0.316. The van der Waals surface area contributed by atoms with Crippen LogP contribution < -0.4 is 4.74 Å². The maximum atomic E-state index is 12.9. The van der Waals surface area contributed by atoms with Gasteiger partial charge in [0, 0.05) is 19.2 Å². The molecule has 0 spiro atoms. The zero-order chi connectivity index (χ0) is 16.2. The summed E-state index contributed by atoms with van der Waals surface area (Å²) in [7, 11) is 1.57. The van der Waals surface area contributed by atoms with Crippen LogP contribution in [0.5, 0.6) is 5.75 Å². The van der Waals surface area contributed by atoms with Crippen molar-refractivity contribution in [3.8, 4) is 5.75 Å². The van der Waals surface area contributed by atoms with Crippen LogP contribution in [-0.4, -0.2) is 31.1 Å². The topological polar surface area (TPSA) is 38.8 Å². The minimum atomic E-state index is -0.581. The molecule has 1 atom stereocenters. The number of amides is 1. The minimum Gasteiger partial charge on any atom is -0.491 e. The molecule has 23 heavy (non-hydrogen) atoms. The predicted molar refractivity (Wildman–Crippen MR) is 88.3 cm³/mol. The molecule has 0 bridgehead atoms. The van der Waals surface area contributed by atoms with Crippen LogP contribution in [0.4, 0.5) is 0 Å². The van der Waals surface area contributed by atoms with E-state index in [1.165, 1.54) is 0 Å². The molecule has 3 rings (SSSR count). The SMILES string of the molecule is COC(C(=O)N1CCOc2ccc(C)cc2C1)c1ccccc1. The molecule has 0 saturated heterocycles. The monoisotopic (exact) mass is 311 g/mol. The van der Waals surface area contributed by atoms with E-state index >= 15 is 0 Å². The highest BCUT2D eigenvalue weighted by Crippen LogP contribution is 2.27. The van der Waals surface area contributed by atoms with Gasteiger partial charge < -0.3 is 14.4 Å². The smallest absolute Gasteiger partial charge is 0.256 e. The number of benzene rings is 2. The van der Waals surface area contributed by atoms with Gasteiger partial charge in [-0.1, -0.05) is 48.0 Å². The molecule has 0 fully saturated rings. The third kappa shape index (κ3) is 3.37. The van der Waals surface area contributed by atoms with Crippen molar-refractivity contribution in [2.75, 3.05) is 20.3 Å². The lowest BCUT2D eigenvalue weighted by Gasteiger charge is -2.25.